The number of rotatable bonds is 6. The number of piperidine rings is 1. The number of benzene rings is 2. The van der Waals surface area contributed by atoms with Crippen molar-refractivity contribution in [3.63, 3.8) is 0 Å². The second-order valence-electron chi connectivity index (χ2n) is 8.52. The number of urea groups is 1. The Hall–Kier alpha value is -3.26. The third kappa shape index (κ3) is 5.57. The zero-order valence-corrected chi connectivity index (χ0v) is 18.9. The standard InChI is InChI=1S/C25H29F2N5O/c1-17-22(18(2)32(30-17)21-6-4-3-5-7-21)15-28-25(33)29-20-10-12-31(13-11-20)16-19-8-9-23(26)24(27)14-19/h3-9,14,20H,10-13,15-16H2,1-2H3,(H2,28,29,33). The van der Waals surface area contributed by atoms with Crippen molar-refractivity contribution in [2.75, 3.05) is 13.1 Å². The number of halogens is 2. The summed E-state index contributed by atoms with van der Waals surface area (Å²) < 4.78 is 28.4. The molecule has 2 aromatic carbocycles. The topological polar surface area (TPSA) is 62.2 Å². The van der Waals surface area contributed by atoms with Crippen molar-refractivity contribution in [3.05, 3.63) is 82.7 Å². The van der Waals surface area contributed by atoms with Crippen LogP contribution >= 0.6 is 0 Å². The Kier molecular flexibility index (Phi) is 7.03. The smallest absolute Gasteiger partial charge is 0.315 e. The van der Waals surface area contributed by atoms with Crippen molar-refractivity contribution in [1.82, 2.24) is 25.3 Å². The van der Waals surface area contributed by atoms with Crippen LogP contribution in [0.15, 0.2) is 48.5 Å². The molecule has 2 N–H and O–H groups in total. The molecule has 4 rings (SSSR count). The Morgan fingerprint density at radius 2 is 1.79 bits per heavy atom. The molecule has 1 aromatic heterocycles. The minimum atomic E-state index is -0.828. The van der Waals surface area contributed by atoms with Gasteiger partial charge in [0.1, 0.15) is 0 Å². The van der Waals surface area contributed by atoms with Crippen molar-refractivity contribution in [3.8, 4) is 5.69 Å². The normalized spacial score (nSPS) is 14.9. The largest absolute Gasteiger partial charge is 0.335 e. The van der Waals surface area contributed by atoms with Crippen LogP contribution in [-0.4, -0.2) is 39.8 Å². The number of para-hydroxylation sites is 1. The van der Waals surface area contributed by atoms with Gasteiger partial charge in [0, 0.05) is 43.5 Å². The highest BCUT2D eigenvalue weighted by molar-refractivity contribution is 5.74. The fourth-order valence-electron chi connectivity index (χ4n) is 4.29. The molecule has 2 amide bonds. The van der Waals surface area contributed by atoms with Crippen molar-refractivity contribution >= 4 is 6.03 Å². The molecular formula is C25H29F2N5O. The minimum absolute atomic E-state index is 0.0837. The van der Waals surface area contributed by atoms with Gasteiger partial charge in [-0.05, 0) is 56.5 Å². The number of carbonyl (C=O) groups is 1. The number of nitrogens with zero attached hydrogens (tertiary/aromatic N) is 3. The highest BCUT2D eigenvalue weighted by Crippen LogP contribution is 2.18. The molecule has 2 heterocycles. The summed E-state index contributed by atoms with van der Waals surface area (Å²) in [5.41, 5.74) is 4.64. The Labute approximate surface area is 192 Å². The molecule has 8 heteroatoms. The lowest BCUT2D eigenvalue weighted by atomic mass is 10.0. The molecule has 0 bridgehead atoms. The number of aromatic nitrogens is 2. The van der Waals surface area contributed by atoms with Crippen molar-refractivity contribution in [1.29, 1.82) is 0 Å². The van der Waals surface area contributed by atoms with Crippen molar-refractivity contribution in [2.45, 2.75) is 45.8 Å². The van der Waals surface area contributed by atoms with Crippen LogP contribution in [-0.2, 0) is 13.1 Å². The first kappa shape index (κ1) is 22.9. The quantitative estimate of drug-likeness (QED) is 0.587. The van der Waals surface area contributed by atoms with Gasteiger partial charge in [0.05, 0.1) is 11.4 Å². The molecule has 0 aliphatic carbocycles. The first-order valence-electron chi connectivity index (χ1n) is 11.2. The molecule has 0 saturated carbocycles. The molecule has 0 radical (unpaired) electrons. The maximum Gasteiger partial charge on any atom is 0.315 e. The van der Waals surface area contributed by atoms with Gasteiger partial charge in [0.25, 0.3) is 0 Å². The molecule has 174 valence electrons. The van der Waals surface area contributed by atoms with E-state index < -0.39 is 11.6 Å². The van der Waals surface area contributed by atoms with E-state index in [1.165, 1.54) is 6.07 Å². The molecule has 1 fully saturated rings. The van der Waals surface area contributed by atoms with Gasteiger partial charge < -0.3 is 10.6 Å². The average Bonchev–Trinajstić information content (AvgIpc) is 3.10. The fraction of sp³-hybridized carbons (Fsp3) is 0.360. The summed E-state index contributed by atoms with van der Waals surface area (Å²) >= 11 is 0. The van der Waals surface area contributed by atoms with Crippen LogP contribution in [0.25, 0.3) is 5.69 Å². The Balaban J connectivity index is 1.25. The number of aryl methyl sites for hydroxylation is 1. The molecule has 0 atom stereocenters. The predicted octanol–water partition coefficient (Wildman–Crippen LogP) is 4.23. The van der Waals surface area contributed by atoms with E-state index in [1.807, 2.05) is 48.9 Å². The summed E-state index contributed by atoms with van der Waals surface area (Å²) in [6.07, 6.45) is 1.61. The van der Waals surface area contributed by atoms with E-state index in [2.05, 4.69) is 20.6 Å². The van der Waals surface area contributed by atoms with Gasteiger partial charge in [-0.1, -0.05) is 24.3 Å². The van der Waals surface area contributed by atoms with Crippen LogP contribution in [0, 0.1) is 25.5 Å². The van der Waals surface area contributed by atoms with Gasteiger partial charge in [0.15, 0.2) is 11.6 Å². The van der Waals surface area contributed by atoms with Gasteiger partial charge in [0.2, 0.25) is 0 Å². The molecule has 1 aliphatic heterocycles. The van der Waals surface area contributed by atoms with Crippen LogP contribution < -0.4 is 10.6 Å². The van der Waals surface area contributed by atoms with Crippen LogP contribution in [0.4, 0.5) is 13.6 Å². The zero-order valence-electron chi connectivity index (χ0n) is 18.9. The molecule has 0 spiro atoms. The van der Waals surface area contributed by atoms with E-state index in [0.717, 1.165) is 60.2 Å². The van der Waals surface area contributed by atoms with E-state index in [4.69, 9.17) is 0 Å². The molecule has 33 heavy (non-hydrogen) atoms. The van der Waals surface area contributed by atoms with E-state index in [9.17, 15) is 13.6 Å². The number of amides is 2. The van der Waals surface area contributed by atoms with E-state index in [1.54, 1.807) is 6.07 Å². The summed E-state index contributed by atoms with van der Waals surface area (Å²) in [4.78, 5) is 14.7. The second-order valence-corrected chi connectivity index (χ2v) is 8.52. The summed E-state index contributed by atoms with van der Waals surface area (Å²) in [5, 5.41) is 10.6. The predicted molar refractivity (Wildman–Crippen MR) is 123 cm³/mol. The third-order valence-electron chi connectivity index (χ3n) is 6.18. The SMILES string of the molecule is Cc1nn(-c2ccccc2)c(C)c1CNC(=O)NC1CCN(Cc2ccc(F)c(F)c2)CC1. The fourth-order valence-corrected chi connectivity index (χ4v) is 4.29. The molecule has 3 aromatic rings. The number of hydrogen-bond donors (Lipinski definition) is 2. The average molecular weight is 454 g/mol. The molecular weight excluding hydrogens is 424 g/mol. The molecule has 1 saturated heterocycles. The summed E-state index contributed by atoms with van der Waals surface area (Å²) in [6, 6.07) is 13.8. The van der Waals surface area contributed by atoms with Crippen molar-refractivity contribution < 1.29 is 13.6 Å². The van der Waals surface area contributed by atoms with Gasteiger partial charge in [-0.2, -0.15) is 5.10 Å². The van der Waals surface area contributed by atoms with Crippen LogP contribution in [0.3, 0.4) is 0 Å². The van der Waals surface area contributed by atoms with E-state index in [-0.39, 0.29) is 12.1 Å². The first-order valence-corrected chi connectivity index (χ1v) is 11.2. The maximum atomic E-state index is 13.4. The summed E-state index contributed by atoms with van der Waals surface area (Å²) in [7, 11) is 0. The maximum absolute atomic E-state index is 13.4. The lowest BCUT2D eigenvalue weighted by molar-refractivity contribution is 0.186. The zero-order chi connectivity index (χ0) is 23.4. The lowest BCUT2D eigenvalue weighted by Gasteiger charge is -2.32. The molecule has 0 unspecified atom stereocenters. The minimum Gasteiger partial charge on any atom is -0.335 e. The number of nitrogens with one attached hydrogen (secondary N) is 2. The molecule has 1 aliphatic rings. The van der Waals surface area contributed by atoms with Crippen LogP contribution in [0.2, 0.25) is 0 Å². The Bertz CT molecular complexity index is 1110. The third-order valence-corrected chi connectivity index (χ3v) is 6.18. The first-order chi connectivity index (χ1) is 15.9. The number of hydrogen-bond acceptors (Lipinski definition) is 3. The van der Waals surface area contributed by atoms with Gasteiger partial charge in [-0.3, -0.25) is 4.90 Å². The Morgan fingerprint density at radius 3 is 2.48 bits per heavy atom. The van der Waals surface area contributed by atoms with E-state index >= 15 is 0 Å². The van der Waals surface area contributed by atoms with Crippen molar-refractivity contribution in [2.24, 2.45) is 0 Å². The monoisotopic (exact) mass is 453 g/mol. The summed E-state index contributed by atoms with van der Waals surface area (Å²) in [5.74, 6) is -1.65. The second kappa shape index (κ2) is 10.1. The highest BCUT2D eigenvalue weighted by atomic mass is 19.2. The Morgan fingerprint density at radius 1 is 1.06 bits per heavy atom. The summed E-state index contributed by atoms with van der Waals surface area (Å²) in [6.45, 7) is 6.50. The van der Waals surface area contributed by atoms with Crippen LogP contribution in [0.1, 0.15) is 35.4 Å². The van der Waals surface area contributed by atoms with Gasteiger partial charge >= 0.3 is 6.03 Å². The highest BCUT2D eigenvalue weighted by Gasteiger charge is 2.21. The number of carbonyl (C=O) groups excluding carboxylic acids is 1. The lowest BCUT2D eigenvalue weighted by Crippen LogP contribution is -2.47. The van der Waals surface area contributed by atoms with Gasteiger partial charge in [-0.15, -0.1) is 0 Å². The number of likely N-dealkylation sites (tertiary alicyclic amines) is 1. The van der Waals surface area contributed by atoms with E-state index in [0.29, 0.717) is 13.1 Å². The molecule has 6 nitrogen and oxygen atoms in total. The van der Waals surface area contributed by atoms with Gasteiger partial charge in [-0.25, -0.2) is 18.3 Å². The van der Waals surface area contributed by atoms with Crippen LogP contribution in [0.5, 0.6) is 0 Å².